The molecule has 4 heteroatoms. The van der Waals surface area contributed by atoms with Crippen LogP contribution < -0.4 is 5.32 Å². The van der Waals surface area contributed by atoms with Gasteiger partial charge in [-0.1, -0.05) is 48.0 Å². The highest BCUT2D eigenvalue weighted by Gasteiger charge is 2.14. The van der Waals surface area contributed by atoms with E-state index in [-0.39, 0.29) is 11.9 Å². The van der Waals surface area contributed by atoms with E-state index in [9.17, 15) is 4.79 Å². The van der Waals surface area contributed by atoms with Gasteiger partial charge in [0.2, 0.25) is 5.91 Å². The van der Waals surface area contributed by atoms with E-state index in [1.54, 1.807) is 0 Å². The molecule has 1 unspecified atom stereocenters. The van der Waals surface area contributed by atoms with Crippen LogP contribution in [0.2, 0.25) is 5.02 Å². The van der Waals surface area contributed by atoms with Gasteiger partial charge < -0.3 is 10.3 Å². The lowest BCUT2D eigenvalue weighted by Gasteiger charge is -2.15. The van der Waals surface area contributed by atoms with Gasteiger partial charge in [-0.05, 0) is 30.2 Å². The van der Waals surface area contributed by atoms with E-state index in [0.29, 0.717) is 11.4 Å². The van der Waals surface area contributed by atoms with Crippen molar-refractivity contribution in [2.24, 2.45) is 0 Å². The van der Waals surface area contributed by atoms with E-state index in [4.69, 9.17) is 11.6 Å². The standard InChI is InChI=1S/C18H17ClN2O/c1-12(14-6-2-4-8-16(14)19)21-18(22)10-13-11-20-17-9-5-3-7-15(13)17/h2-9,11-12,20H,10H2,1H3,(H,21,22). The Bertz CT molecular complexity index is 809. The minimum Gasteiger partial charge on any atom is -0.361 e. The number of nitrogens with one attached hydrogen (secondary N) is 2. The van der Waals surface area contributed by atoms with E-state index in [2.05, 4.69) is 10.3 Å². The number of amides is 1. The molecule has 1 amide bonds. The molecular weight excluding hydrogens is 296 g/mol. The maximum Gasteiger partial charge on any atom is 0.224 e. The molecule has 112 valence electrons. The molecule has 2 N–H and O–H groups in total. The number of halogens is 1. The van der Waals surface area contributed by atoms with Crippen LogP contribution in [0.15, 0.2) is 54.7 Å². The number of para-hydroxylation sites is 1. The zero-order valence-electron chi connectivity index (χ0n) is 12.3. The maximum absolute atomic E-state index is 12.3. The second-order valence-electron chi connectivity index (χ2n) is 5.35. The maximum atomic E-state index is 12.3. The molecule has 0 aliphatic rings. The second kappa shape index (κ2) is 6.24. The zero-order valence-corrected chi connectivity index (χ0v) is 13.0. The van der Waals surface area contributed by atoms with Crippen molar-refractivity contribution in [1.82, 2.24) is 10.3 Å². The Morgan fingerprint density at radius 3 is 2.73 bits per heavy atom. The van der Waals surface area contributed by atoms with Crippen molar-refractivity contribution in [3.05, 3.63) is 70.9 Å². The quantitative estimate of drug-likeness (QED) is 0.743. The van der Waals surface area contributed by atoms with Crippen LogP contribution in [0.5, 0.6) is 0 Å². The number of H-pyrrole nitrogens is 1. The number of rotatable bonds is 4. The molecule has 0 bridgehead atoms. The molecule has 0 fully saturated rings. The van der Waals surface area contributed by atoms with E-state index in [1.807, 2.05) is 61.7 Å². The van der Waals surface area contributed by atoms with Crippen LogP contribution >= 0.6 is 11.6 Å². The van der Waals surface area contributed by atoms with Gasteiger partial charge in [-0.2, -0.15) is 0 Å². The Morgan fingerprint density at radius 1 is 1.18 bits per heavy atom. The summed E-state index contributed by atoms with van der Waals surface area (Å²) in [5.41, 5.74) is 2.97. The van der Waals surface area contributed by atoms with Gasteiger partial charge >= 0.3 is 0 Å². The van der Waals surface area contributed by atoms with Crippen molar-refractivity contribution >= 4 is 28.4 Å². The topological polar surface area (TPSA) is 44.9 Å². The van der Waals surface area contributed by atoms with E-state index in [0.717, 1.165) is 22.0 Å². The highest BCUT2D eigenvalue weighted by Crippen LogP contribution is 2.23. The fourth-order valence-corrected chi connectivity index (χ4v) is 2.95. The molecule has 1 atom stereocenters. The highest BCUT2D eigenvalue weighted by molar-refractivity contribution is 6.31. The third-order valence-electron chi connectivity index (χ3n) is 3.78. The predicted octanol–water partition coefficient (Wildman–Crippen LogP) is 4.24. The molecule has 22 heavy (non-hydrogen) atoms. The first-order valence-corrected chi connectivity index (χ1v) is 7.61. The average Bonchev–Trinajstić information content (AvgIpc) is 2.91. The Kier molecular flexibility index (Phi) is 4.16. The van der Waals surface area contributed by atoms with Gasteiger partial charge in [0.05, 0.1) is 12.5 Å². The van der Waals surface area contributed by atoms with Gasteiger partial charge in [0, 0.05) is 22.1 Å². The Balaban J connectivity index is 1.71. The van der Waals surface area contributed by atoms with Gasteiger partial charge in [0.1, 0.15) is 0 Å². The summed E-state index contributed by atoms with van der Waals surface area (Å²) >= 11 is 6.17. The summed E-state index contributed by atoms with van der Waals surface area (Å²) in [4.78, 5) is 15.5. The first kappa shape index (κ1) is 14.7. The lowest BCUT2D eigenvalue weighted by Crippen LogP contribution is -2.28. The SMILES string of the molecule is CC(NC(=O)Cc1c[nH]c2ccccc12)c1ccccc1Cl. The number of carbonyl (C=O) groups is 1. The number of benzene rings is 2. The Labute approximate surface area is 134 Å². The normalized spacial score (nSPS) is 12.3. The van der Waals surface area contributed by atoms with Crippen LogP contribution in [0.25, 0.3) is 10.9 Å². The largest absolute Gasteiger partial charge is 0.361 e. The highest BCUT2D eigenvalue weighted by atomic mass is 35.5. The predicted molar refractivity (Wildman–Crippen MR) is 90.0 cm³/mol. The van der Waals surface area contributed by atoms with E-state index in [1.165, 1.54) is 0 Å². The number of fused-ring (bicyclic) bond motifs is 1. The summed E-state index contributed by atoms with van der Waals surface area (Å²) in [7, 11) is 0. The third kappa shape index (κ3) is 3.00. The number of aromatic amines is 1. The molecule has 0 aliphatic carbocycles. The molecule has 3 nitrogen and oxygen atoms in total. The van der Waals surface area contributed by atoms with Crippen LogP contribution in [0.1, 0.15) is 24.1 Å². The molecule has 1 heterocycles. The lowest BCUT2D eigenvalue weighted by atomic mass is 10.1. The van der Waals surface area contributed by atoms with Gasteiger partial charge in [-0.3, -0.25) is 4.79 Å². The summed E-state index contributed by atoms with van der Waals surface area (Å²) in [6.45, 7) is 1.94. The first-order chi connectivity index (χ1) is 10.6. The Hall–Kier alpha value is -2.26. The molecule has 1 aromatic heterocycles. The molecule has 0 radical (unpaired) electrons. The molecular formula is C18H17ClN2O. The number of aromatic nitrogens is 1. The van der Waals surface area contributed by atoms with Gasteiger partial charge in [0.15, 0.2) is 0 Å². The molecule has 0 spiro atoms. The van der Waals surface area contributed by atoms with Gasteiger partial charge in [-0.15, -0.1) is 0 Å². The minimum absolute atomic E-state index is 0.0165. The first-order valence-electron chi connectivity index (χ1n) is 7.24. The van der Waals surface area contributed by atoms with Crippen molar-refractivity contribution in [2.45, 2.75) is 19.4 Å². The third-order valence-corrected chi connectivity index (χ3v) is 4.12. The monoisotopic (exact) mass is 312 g/mol. The number of carbonyl (C=O) groups excluding carboxylic acids is 1. The molecule has 2 aromatic carbocycles. The van der Waals surface area contributed by atoms with Crippen molar-refractivity contribution in [3.63, 3.8) is 0 Å². The summed E-state index contributed by atoms with van der Waals surface area (Å²) in [5.74, 6) is -0.0165. The number of hydrogen-bond acceptors (Lipinski definition) is 1. The van der Waals surface area contributed by atoms with Crippen LogP contribution in [0.4, 0.5) is 0 Å². The fourth-order valence-electron chi connectivity index (χ4n) is 2.65. The van der Waals surface area contributed by atoms with Gasteiger partial charge in [0.25, 0.3) is 0 Å². The van der Waals surface area contributed by atoms with Crippen molar-refractivity contribution in [2.75, 3.05) is 0 Å². The van der Waals surface area contributed by atoms with Crippen molar-refractivity contribution in [3.8, 4) is 0 Å². The lowest BCUT2D eigenvalue weighted by molar-refractivity contribution is -0.121. The van der Waals surface area contributed by atoms with Crippen LogP contribution in [0, 0.1) is 0 Å². The summed E-state index contributed by atoms with van der Waals surface area (Å²) in [6.07, 6.45) is 2.24. The van der Waals surface area contributed by atoms with Crippen molar-refractivity contribution in [1.29, 1.82) is 0 Å². The van der Waals surface area contributed by atoms with E-state index < -0.39 is 0 Å². The Morgan fingerprint density at radius 2 is 1.91 bits per heavy atom. The average molecular weight is 313 g/mol. The summed E-state index contributed by atoms with van der Waals surface area (Å²) in [5, 5.41) is 4.76. The summed E-state index contributed by atoms with van der Waals surface area (Å²) < 4.78 is 0. The molecule has 0 saturated heterocycles. The molecule has 0 saturated carbocycles. The second-order valence-corrected chi connectivity index (χ2v) is 5.75. The fraction of sp³-hybridized carbons (Fsp3) is 0.167. The minimum atomic E-state index is -0.119. The molecule has 3 aromatic rings. The number of hydrogen-bond donors (Lipinski definition) is 2. The van der Waals surface area contributed by atoms with Gasteiger partial charge in [-0.25, -0.2) is 0 Å². The van der Waals surface area contributed by atoms with Crippen LogP contribution in [0.3, 0.4) is 0 Å². The van der Waals surface area contributed by atoms with Crippen LogP contribution in [-0.4, -0.2) is 10.9 Å². The van der Waals surface area contributed by atoms with Crippen molar-refractivity contribution < 1.29 is 4.79 Å². The zero-order chi connectivity index (χ0) is 15.5. The molecule has 3 rings (SSSR count). The smallest absolute Gasteiger partial charge is 0.224 e. The molecule has 0 aliphatic heterocycles. The van der Waals surface area contributed by atoms with E-state index >= 15 is 0 Å². The van der Waals surface area contributed by atoms with Crippen LogP contribution in [-0.2, 0) is 11.2 Å². The summed E-state index contributed by atoms with van der Waals surface area (Å²) in [6, 6.07) is 15.4.